The molecule has 0 N–H and O–H groups in total. The molecule has 3 aromatic rings. The lowest BCUT2D eigenvalue weighted by atomic mass is 10.3. The second-order valence-electron chi connectivity index (χ2n) is 4.11. The fraction of sp³-hybridized carbons (Fsp3) is 0.0769. The predicted molar refractivity (Wildman–Crippen MR) is 69.1 cm³/mol. The first kappa shape index (κ1) is 13.7. The van der Waals surface area contributed by atoms with E-state index in [0.29, 0.717) is 0 Å². The fourth-order valence-corrected chi connectivity index (χ4v) is 2.02. The molecule has 0 saturated carbocycles. The summed E-state index contributed by atoms with van der Waals surface area (Å²) >= 11 is 5.98. The quantitative estimate of drug-likeness (QED) is 0.712. The maximum atomic E-state index is 12.9. The standard InChI is InChI=1S/C13H7ClF3N3O/c14-8-3-1-5-18-12(8)20-9(10-4-2-6-21-10)7-11(19-20)13(15,16)17/h1-7H. The Morgan fingerprint density at radius 1 is 1.19 bits per heavy atom. The van der Waals surface area contributed by atoms with Gasteiger partial charge in [0.2, 0.25) is 0 Å². The Morgan fingerprint density at radius 3 is 2.62 bits per heavy atom. The molecule has 0 fully saturated rings. The van der Waals surface area contributed by atoms with Crippen molar-refractivity contribution in [2.45, 2.75) is 6.18 Å². The summed E-state index contributed by atoms with van der Waals surface area (Å²) in [5.41, 5.74) is -0.927. The van der Waals surface area contributed by atoms with Gasteiger partial charge in [0.05, 0.1) is 11.3 Å². The summed E-state index contributed by atoms with van der Waals surface area (Å²) in [4.78, 5) is 3.97. The van der Waals surface area contributed by atoms with E-state index in [4.69, 9.17) is 16.0 Å². The maximum absolute atomic E-state index is 12.9. The molecule has 0 aliphatic carbocycles. The third kappa shape index (κ3) is 2.52. The summed E-state index contributed by atoms with van der Waals surface area (Å²) in [6.07, 6.45) is -1.80. The predicted octanol–water partition coefficient (Wildman–Crippen LogP) is 4.20. The highest BCUT2D eigenvalue weighted by Gasteiger charge is 2.36. The third-order valence-corrected chi connectivity index (χ3v) is 3.01. The molecule has 0 aliphatic heterocycles. The average Bonchev–Trinajstić information content (AvgIpc) is 3.07. The van der Waals surface area contributed by atoms with Crippen LogP contribution in [0.15, 0.2) is 47.2 Å². The average molecular weight is 314 g/mol. The molecule has 0 saturated heterocycles. The van der Waals surface area contributed by atoms with Crippen LogP contribution < -0.4 is 0 Å². The van der Waals surface area contributed by atoms with Gasteiger partial charge in [0, 0.05) is 12.3 Å². The van der Waals surface area contributed by atoms with Crippen LogP contribution in [0.25, 0.3) is 17.3 Å². The summed E-state index contributed by atoms with van der Waals surface area (Å²) < 4.78 is 44.8. The number of halogens is 4. The van der Waals surface area contributed by atoms with Gasteiger partial charge in [0.15, 0.2) is 17.3 Å². The Kier molecular flexibility index (Phi) is 3.21. The van der Waals surface area contributed by atoms with Crippen molar-refractivity contribution in [2.75, 3.05) is 0 Å². The summed E-state index contributed by atoms with van der Waals surface area (Å²) in [6.45, 7) is 0. The number of alkyl halides is 3. The zero-order chi connectivity index (χ0) is 15.0. The summed E-state index contributed by atoms with van der Waals surface area (Å²) in [7, 11) is 0. The van der Waals surface area contributed by atoms with E-state index in [-0.39, 0.29) is 22.3 Å². The van der Waals surface area contributed by atoms with Crippen LogP contribution in [0, 0.1) is 0 Å². The number of aromatic nitrogens is 3. The molecule has 3 rings (SSSR count). The molecule has 0 aromatic carbocycles. The first-order valence-electron chi connectivity index (χ1n) is 5.79. The third-order valence-electron chi connectivity index (χ3n) is 2.71. The second kappa shape index (κ2) is 4.92. The number of hydrogen-bond donors (Lipinski definition) is 0. The molecular formula is C13H7ClF3N3O. The monoisotopic (exact) mass is 313 g/mol. The van der Waals surface area contributed by atoms with Crippen molar-refractivity contribution in [2.24, 2.45) is 0 Å². The lowest BCUT2D eigenvalue weighted by molar-refractivity contribution is -0.141. The van der Waals surface area contributed by atoms with Gasteiger partial charge in [-0.3, -0.25) is 0 Å². The van der Waals surface area contributed by atoms with Crippen molar-refractivity contribution >= 4 is 11.6 Å². The first-order valence-corrected chi connectivity index (χ1v) is 6.16. The minimum atomic E-state index is -4.58. The van der Waals surface area contributed by atoms with Crippen molar-refractivity contribution in [3.05, 3.63) is 53.5 Å². The number of rotatable bonds is 2. The molecule has 8 heteroatoms. The molecule has 0 spiro atoms. The molecule has 0 radical (unpaired) electrons. The lowest BCUT2D eigenvalue weighted by Gasteiger charge is -2.06. The van der Waals surface area contributed by atoms with Crippen molar-refractivity contribution in [1.82, 2.24) is 14.8 Å². The number of furan rings is 1. The van der Waals surface area contributed by atoms with E-state index in [9.17, 15) is 13.2 Å². The van der Waals surface area contributed by atoms with Gasteiger partial charge in [0.1, 0.15) is 5.69 Å². The summed E-state index contributed by atoms with van der Waals surface area (Å²) in [5, 5.41) is 3.74. The Morgan fingerprint density at radius 2 is 2.00 bits per heavy atom. The minimum absolute atomic E-state index is 0.0982. The van der Waals surface area contributed by atoms with Crippen LogP contribution in [0.5, 0.6) is 0 Å². The van der Waals surface area contributed by atoms with Gasteiger partial charge in [-0.25, -0.2) is 9.67 Å². The zero-order valence-electron chi connectivity index (χ0n) is 10.3. The minimum Gasteiger partial charge on any atom is -0.463 e. The Bertz CT molecular complexity index is 765. The van der Waals surface area contributed by atoms with Gasteiger partial charge in [-0.2, -0.15) is 18.3 Å². The van der Waals surface area contributed by atoms with Crippen LogP contribution >= 0.6 is 11.6 Å². The van der Waals surface area contributed by atoms with Gasteiger partial charge in [0.25, 0.3) is 0 Å². The largest absolute Gasteiger partial charge is 0.463 e. The zero-order valence-corrected chi connectivity index (χ0v) is 11.1. The number of pyridine rings is 1. The van der Waals surface area contributed by atoms with E-state index in [1.165, 1.54) is 24.6 Å². The molecule has 0 atom stereocenters. The van der Waals surface area contributed by atoms with E-state index in [1.54, 1.807) is 12.1 Å². The van der Waals surface area contributed by atoms with E-state index in [2.05, 4.69) is 10.1 Å². The highest BCUT2D eigenvalue weighted by Crippen LogP contribution is 2.34. The van der Waals surface area contributed by atoms with E-state index in [0.717, 1.165) is 10.7 Å². The van der Waals surface area contributed by atoms with E-state index < -0.39 is 11.9 Å². The molecule has 0 bridgehead atoms. The molecule has 3 heterocycles. The topological polar surface area (TPSA) is 43.9 Å². The maximum Gasteiger partial charge on any atom is 0.435 e. The Hall–Kier alpha value is -2.28. The van der Waals surface area contributed by atoms with Gasteiger partial charge in [-0.05, 0) is 24.3 Å². The van der Waals surface area contributed by atoms with Crippen LogP contribution in [-0.2, 0) is 6.18 Å². The van der Waals surface area contributed by atoms with Crippen LogP contribution in [0.1, 0.15) is 5.69 Å². The molecule has 21 heavy (non-hydrogen) atoms. The van der Waals surface area contributed by atoms with Crippen molar-refractivity contribution < 1.29 is 17.6 Å². The van der Waals surface area contributed by atoms with Crippen molar-refractivity contribution in [3.8, 4) is 17.3 Å². The summed E-state index contributed by atoms with van der Waals surface area (Å²) in [5.74, 6) is 0.334. The van der Waals surface area contributed by atoms with E-state index >= 15 is 0 Å². The molecule has 4 nitrogen and oxygen atoms in total. The summed E-state index contributed by atoms with van der Waals surface area (Å²) in [6, 6.07) is 7.09. The van der Waals surface area contributed by atoms with Crippen LogP contribution in [0.2, 0.25) is 5.02 Å². The Balaban J connectivity index is 2.24. The molecule has 0 amide bonds. The van der Waals surface area contributed by atoms with E-state index in [1.807, 2.05) is 0 Å². The van der Waals surface area contributed by atoms with Crippen molar-refractivity contribution in [3.63, 3.8) is 0 Å². The van der Waals surface area contributed by atoms with Gasteiger partial charge >= 0.3 is 6.18 Å². The number of nitrogens with zero attached hydrogens (tertiary/aromatic N) is 3. The second-order valence-corrected chi connectivity index (χ2v) is 4.52. The molecular weight excluding hydrogens is 307 g/mol. The molecule has 3 aromatic heterocycles. The molecule has 108 valence electrons. The Labute approximate surface area is 121 Å². The molecule has 0 aliphatic rings. The normalized spacial score (nSPS) is 11.8. The fourth-order valence-electron chi connectivity index (χ4n) is 1.81. The highest BCUT2D eigenvalue weighted by molar-refractivity contribution is 6.32. The SMILES string of the molecule is FC(F)(F)c1cc(-c2ccco2)n(-c2ncccc2Cl)n1. The lowest BCUT2D eigenvalue weighted by Crippen LogP contribution is -2.08. The van der Waals surface area contributed by atoms with Crippen molar-refractivity contribution in [1.29, 1.82) is 0 Å². The van der Waals surface area contributed by atoms with Gasteiger partial charge in [-0.1, -0.05) is 11.6 Å². The van der Waals surface area contributed by atoms with Crippen LogP contribution in [0.4, 0.5) is 13.2 Å². The van der Waals surface area contributed by atoms with Gasteiger partial charge < -0.3 is 4.42 Å². The highest BCUT2D eigenvalue weighted by atomic mass is 35.5. The van der Waals surface area contributed by atoms with Crippen LogP contribution in [-0.4, -0.2) is 14.8 Å². The van der Waals surface area contributed by atoms with Crippen LogP contribution in [0.3, 0.4) is 0 Å². The first-order chi connectivity index (χ1) is 9.97. The number of hydrogen-bond acceptors (Lipinski definition) is 3. The molecule has 0 unspecified atom stereocenters. The smallest absolute Gasteiger partial charge is 0.435 e. The van der Waals surface area contributed by atoms with Gasteiger partial charge in [-0.15, -0.1) is 0 Å².